The molecule has 0 aliphatic carbocycles. The minimum absolute atomic E-state index is 0.260. The summed E-state index contributed by atoms with van der Waals surface area (Å²) in [5, 5.41) is 5.64. The third-order valence-electron chi connectivity index (χ3n) is 1.95. The molecule has 64 valence electrons. The Labute approximate surface area is 74.3 Å². The summed E-state index contributed by atoms with van der Waals surface area (Å²) in [7, 11) is 0.260. The molecule has 0 amide bonds. The van der Waals surface area contributed by atoms with Gasteiger partial charge in [-0.2, -0.15) is 10.5 Å². The van der Waals surface area contributed by atoms with E-state index in [1.165, 1.54) is 5.22 Å². The molecule has 0 radical (unpaired) electrons. The van der Waals surface area contributed by atoms with Crippen molar-refractivity contribution in [1.82, 2.24) is 0 Å². The van der Waals surface area contributed by atoms with Gasteiger partial charge in [0.25, 0.3) is 0 Å². The number of aryl methyl sites for hydroxylation is 1. The molecule has 1 atom stereocenters. The van der Waals surface area contributed by atoms with E-state index < -0.39 is 0 Å². The maximum Gasteiger partial charge on any atom is 0.140 e. The predicted octanol–water partition coefficient (Wildman–Crippen LogP) is 1.08. The van der Waals surface area contributed by atoms with Gasteiger partial charge in [0, 0.05) is 17.0 Å². The molecule has 2 heterocycles. The zero-order valence-corrected chi connectivity index (χ0v) is 8.15. The summed E-state index contributed by atoms with van der Waals surface area (Å²) in [6.45, 7) is 2.11. The minimum Gasteiger partial charge on any atom is -0.461 e. The number of fused-ring (bicyclic) bond motifs is 1. The maximum absolute atomic E-state index is 5.63. The van der Waals surface area contributed by atoms with Gasteiger partial charge in [0.05, 0.1) is 0 Å². The van der Waals surface area contributed by atoms with Crippen molar-refractivity contribution in [3.05, 3.63) is 22.5 Å². The van der Waals surface area contributed by atoms with Crippen molar-refractivity contribution in [2.24, 2.45) is 0 Å². The summed E-state index contributed by atoms with van der Waals surface area (Å²) >= 11 is 0. The molecule has 0 aromatic carbocycles. The smallest absolute Gasteiger partial charge is 0.140 e. The van der Waals surface area contributed by atoms with Crippen LogP contribution in [0, 0.1) is 0 Å². The molecule has 0 fully saturated rings. The van der Waals surface area contributed by atoms with Crippen LogP contribution in [0.2, 0.25) is 0 Å². The summed E-state index contributed by atoms with van der Waals surface area (Å²) < 4.78 is 5.63. The van der Waals surface area contributed by atoms with Crippen molar-refractivity contribution in [3.63, 3.8) is 0 Å². The van der Waals surface area contributed by atoms with E-state index in [1.54, 1.807) is 0 Å². The fourth-order valence-electron chi connectivity index (χ4n) is 1.26. The van der Waals surface area contributed by atoms with E-state index in [2.05, 4.69) is 36.1 Å². The summed E-state index contributed by atoms with van der Waals surface area (Å²) in [5.41, 5.74) is 1.06. The van der Waals surface area contributed by atoms with Gasteiger partial charge in [0.2, 0.25) is 0 Å². The molecular weight excluding hydrogens is 168 g/mol. The Morgan fingerprint density at radius 1 is 1.50 bits per heavy atom. The number of hydrogen-bond donors (Lipinski definition) is 0. The van der Waals surface area contributed by atoms with Gasteiger partial charge >= 0.3 is 0 Å². The fourth-order valence-corrected chi connectivity index (χ4v) is 2.22. The van der Waals surface area contributed by atoms with Gasteiger partial charge in [-0.15, -0.1) is 0 Å². The largest absolute Gasteiger partial charge is 0.461 e. The van der Waals surface area contributed by atoms with Crippen molar-refractivity contribution in [1.29, 1.82) is 0 Å². The first-order chi connectivity index (χ1) is 5.79. The minimum atomic E-state index is 0.260. The number of hydrogen-bond acceptors (Lipinski definition) is 1. The molecule has 0 saturated heterocycles. The number of furan rings is 1. The molecule has 1 unspecified atom stereocenters. The normalized spacial score (nSPS) is 20.3. The molecule has 0 bridgehead atoms. The van der Waals surface area contributed by atoms with Gasteiger partial charge in [-0.05, 0) is 23.8 Å². The molecule has 0 saturated carbocycles. The highest BCUT2D eigenvalue weighted by Crippen LogP contribution is 2.08. The van der Waals surface area contributed by atoms with Crippen molar-refractivity contribution >= 4 is 27.3 Å². The summed E-state index contributed by atoms with van der Waals surface area (Å²) in [4.78, 5) is 0. The van der Waals surface area contributed by atoms with Crippen molar-refractivity contribution in [3.8, 4) is 0 Å². The van der Waals surface area contributed by atoms with Crippen LogP contribution in [0.4, 0.5) is 0 Å². The molecular formula is C10H12OS. The van der Waals surface area contributed by atoms with Gasteiger partial charge in [-0.1, -0.05) is 6.92 Å². The van der Waals surface area contributed by atoms with E-state index in [4.69, 9.17) is 4.42 Å². The lowest BCUT2D eigenvalue weighted by Crippen LogP contribution is -2.20. The van der Waals surface area contributed by atoms with Gasteiger partial charge < -0.3 is 4.42 Å². The van der Waals surface area contributed by atoms with Crippen LogP contribution in [-0.4, -0.2) is 11.6 Å². The molecule has 1 aliphatic rings. The Balaban J connectivity index is 2.66. The van der Waals surface area contributed by atoms with Gasteiger partial charge in [0.15, 0.2) is 0 Å². The van der Waals surface area contributed by atoms with E-state index in [0.717, 1.165) is 17.6 Å². The molecule has 1 aliphatic heterocycles. The second-order valence-corrected chi connectivity index (χ2v) is 4.64. The Kier molecular flexibility index (Phi) is 1.93. The number of rotatable bonds is 1. The molecule has 12 heavy (non-hydrogen) atoms. The van der Waals surface area contributed by atoms with E-state index >= 15 is 0 Å². The van der Waals surface area contributed by atoms with Crippen LogP contribution in [0.1, 0.15) is 12.7 Å². The van der Waals surface area contributed by atoms with E-state index in [9.17, 15) is 0 Å². The van der Waals surface area contributed by atoms with Crippen LogP contribution in [0.5, 0.6) is 0 Å². The lowest BCUT2D eigenvalue weighted by Gasteiger charge is -1.92. The highest BCUT2D eigenvalue weighted by atomic mass is 32.2. The first kappa shape index (κ1) is 7.87. The zero-order chi connectivity index (χ0) is 8.55. The molecule has 1 nitrogen and oxygen atoms in total. The van der Waals surface area contributed by atoms with Gasteiger partial charge in [0.1, 0.15) is 11.2 Å². The standard InChI is InChI=1S/C10H12OS/c1-3-9-6-8-4-5-12(2)7-10(8)11-9/h4-7H,3H2,1-2H3. The highest BCUT2D eigenvalue weighted by molar-refractivity contribution is 8.21. The average Bonchev–Trinajstić information content (AvgIpc) is 2.46. The molecule has 2 rings (SSSR count). The SMILES string of the molecule is CCc1cc2c(o1)=CS(C)=CC=2. The quantitative estimate of drug-likeness (QED) is 0.589. The molecule has 1 aromatic heterocycles. The van der Waals surface area contributed by atoms with Crippen molar-refractivity contribution < 1.29 is 4.42 Å². The average molecular weight is 180 g/mol. The van der Waals surface area contributed by atoms with Crippen molar-refractivity contribution in [2.75, 3.05) is 6.26 Å². The second-order valence-electron chi connectivity index (χ2n) is 2.91. The highest BCUT2D eigenvalue weighted by Gasteiger charge is 1.98. The lowest BCUT2D eigenvalue weighted by atomic mass is 10.3. The van der Waals surface area contributed by atoms with Crippen LogP contribution in [0.3, 0.4) is 0 Å². The first-order valence-electron chi connectivity index (χ1n) is 4.09. The summed E-state index contributed by atoms with van der Waals surface area (Å²) in [6.07, 6.45) is 5.32. The fraction of sp³-hybridized carbons (Fsp3) is 0.300. The second kappa shape index (κ2) is 2.94. The molecule has 0 spiro atoms. The molecule has 2 heteroatoms. The van der Waals surface area contributed by atoms with Crippen LogP contribution < -0.4 is 10.6 Å². The first-order valence-corrected chi connectivity index (χ1v) is 5.85. The van der Waals surface area contributed by atoms with E-state index in [-0.39, 0.29) is 10.5 Å². The third-order valence-corrected chi connectivity index (χ3v) is 3.10. The molecule has 0 N–H and O–H groups in total. The lowest BCUT2D eigenvalue weighted by molar-refractivity contribution is 0.486. The Morgan fingerprint density at radius 2 is 2.33 bits per heavy atom. The van der Waals surface area contributed by atoms with Crippen LogP contribution in [0.15, 0.2) is 10.5 Å². The summed E-state index contributed by atoms with van der Waals surface area (Å²) in [5.74, 6) is 1.08. The van der Waals surface area contributed by atoms with Crippen LogP contribution in [0.25, 0.3) is 11.5 Å². The monoisotopic (exact) mass is 180 g/mol. The van der Waals surface area contributed by atoms with Crippen LogP contribution in [-0.2, 0) is 6.42 Å². The predicted molar refractivity (Wildman–Crippen MR) is 55.8 cm³/mol. The maximum atomic E-state index is 5.63. The third kappa shape index (κ3) is 1.27. The van der Waals surface area contributed by atoms with Crippen molar-refractivity contribution in [2.45, 2.75) is 13.3 Å². The Morgan fingerprint density at radius 3 is 3.08 bits per heavy atom. The van der Waals surface area contributed by atoms with E-state index in [0.29, 0.717) is 0 Å². The Bertz CT molecular complexity index is 437. The summed E-state index contributed by atoms with van der Waals surface area (Å²) in [6, 6.07) is 2.12. The molecule has 1 aromatic rings. The van der Waals surface area contributed by atoms with Crippen LogP contribution >= 0.6 is 10.5 Å². The van der Waals surface area contributed by atoms with Gasteiger partial charge in [-0.3, -0.25) is 0 Å². The van der Waals surface area contributed by atoms with Gasteiger partial charge in [-0.25, -0.2) is 0 Å². The topological polar surface area (TPSA) is 13.1 Å². The van der Waals surface area contributed by atoms with E-state index in [1.807, 2.05) is 0 Å². The zero-order valence-electron chi connectivity index (χ0n) is 7.33. The Hall–Kier alpha value is -0.760.